The number of aromatic amines is 1. The van der Waals surface area contributed by atoms with E-state index in [1.165, 1.54) is 6.07 Å². The lowest BCUT2D eigenvalue weighted by Gasteiger charge is -1.88. The van der Waals surface area contributed by atoms with E-state index in [0.717, 1.165) is 0 Å². The Morgan fingerprint density at radius 2 is 1.21 bits per heavy atom. The van der Waals surface area contributed by atoms with Crippen molar-refractivity contribution < 1.29 is 14.7 Å². The predicted molar refractivity (Wildman–Crippen MR) is 111 cm³/mol. The summed E-state index contributed by atoms with van der Waals surface area (Å²) in [5, 5.41) is 8.63. The molecule has 2 aliphatic rings. The molecule has 0 saturated carbocycles. The molecule has 1 aromatic carbocycles. The molecule has 5 nitrogen and oxygen atoms in total. The quantitative estimate of drug-likeness (QED) is 0.729. The normalized spacial score (nSPS) is 13.3. The summed E-state index contributed by atoms with van der Waals surface area (Å²) < 4.78 is 0. The van der Waals surface area contributed by atoms with Crippen LogP contribution in [-0.2, 0) is 9.59 Å². The van der Waals surface area contributed by atoms with Gasteiger partial charge in [0.1, 0.15) is 5.75 Å². The lowest BCUT2D eigenvalue weighted by Crippen LogP contribution is -1.98. The first-order chi connectivity index (χ1) is 13.6. The van der Waals surface area contributed by atoms with Gasteiger partial charge in [0.05, 0.1) is 0 Å². The van der Waals surface area contributed by atoms with Crippen molar-refractivity contribution in [1.82, 2.24) is 4.98 Å². The molecule has 0 atom stereocenters. The number of rotatable bonds is 0. The van der Waals surface area contributed by atoms with Crippen LogP contribution in [0.4, 0.5) is 0 Å². The summed E-state index contributed by atoms with van der Waals surface area (Å²) in [6.07, 6.45) is 16.9. The third-order valence-corrected chi connectivity index (χ3v) is 3.13. The Bertz CT molecular complexity index is 839. The molecule has 1 aromatic heterocycles. The third kappa shape index (κ3) is 12.6. The number of pyridine rings is 1. The van der Waals surface area contributed by atoms with Gasteiger partial charge in [0.2, 0.25) is 5.56 Å². The molecule has 28 heavy (non-hydrogen) atoms. The van der Waals surface area contributed by atoms with Crippen LogP contribution in [0.5, 0.6) is 5.75 Å². The molecule has 0 unspecified atom stereocenters. The number of hydrogen-bond donors (Lipinski definition) is 2. The average Bonchev–Trinajstić information content (AvgIpc) is 2.72. The topological polar surface area (TPSA) is 87.2 Å². The zero-order valence-electron chi connectivity index (χ0n) is 15.4. The Labute approximate surface area is 164 Å². The van der Waals surface area contributed by atoms with Gasteiger partial charge in [0.25, 0.3) is 0 Å². The van der Waals surface area contributed by atoms with E-state index in [1.807, 2.05) is 30.4 Å². The Hall–Kier alpha value is -3.73. The Morgan fingerprint density at radius 3 is 1.43 bits per heavy atom. The maximum absolute atomic E-state index is 10.3. The predicted octanol–water partition coefficient (Wildman–Crippen LogP) is 3.91. The van der Waals surface area contributed by atoms with Crippen LogP contribution >= 0.6 is 0 Å². The second-order valence-electron chi connectivity index (χ2n) is 5.48. The Morgan fingerprint density at radius 1 is 0.679 bits per heavy atom. The number of carbonyl (C=O) groups is 2. The second kappa shape index (κ2) is 14.4. The van der Waals surface area contributed by atoms with Crippen LogP contribution in [0.3, 0.4) is 0 Å². The van der Waals surface area contributed by atoms with Crippen LogP contribution in [0.25, 0.3) is 0 Å². The first-order valence-electron chi connectivity index (χ1n) is 8.67. The van der Waals surface area contributed by atoms with E-state index >= 15 is 0 Å². The Kier molecular flexibility index (Phi) is 11.5. The minimum absolute atomic E-state index is 0.0532. The number of phenolic OH excluding ortho intramolecular Hbond substituents is 1. The molecule has 0 amide bonds. The van der Waals surface area contributed by atoms with Crippen molar-refractivity contribution in [3.8, 4) is 5.75 Å². The first kappa shape index (κ1) is 22.3. The lowest BCUT2D eigenvalue weighted by molar-refractivity contribution is -0.114. The van der Waals surface area contributed by atoms with Crippen LogP contribution in [0.1, 0.15) is 12.8 Å². The molecule has 2 aromatic rings. The van der Waals surface area contributed by atoms with Crippen molar-refractivity contribution in [2.24, 2.45) is 0 Å². The lowest BCUT2D eigenvalue weighted by atomic mass is 10.2. The molecule has 0 spiro atoms. The molecule has 0 aliphatic heterocycles. The first-order valence-corrected chi connectivity index (χ1v) is 8.67. The van der Waals surface area contributed by atoms with Gasteiger partial charge in [-0.15, -0.1) is 0 Å². The molecule has 5 heteroatoms. The maximum atomic E-state index is 10.3. The highest BCUT2D eigenvalue weighted by molar-refractivity contribution is 5.92. The molecule has 0 saturated heterocycles. The van der Waals surface area contributed by atoms with Gasteiger partial charge in [-0.25, -0.2) is 0 Å². The molecule has 1 heterocycles. The fourth-order valence-corrected chi connectivity index (χ4v) is 1.79. The standard InChI is InChI=1S/3C6H6O.C5H5NO/c3*7-6-4-2-1-3-5-6;7-5-3-1-2-4-6-5/h2*1-4H,5H2;1-5,7H;1-4H,(H,6,7). The highest BCUT2D eigenvalue weighted by Gasteiger charge is 1.92. The van der Waals surface area contributed by atoms with Crippen molar-refractivity contribution in [3.05, 3.63) is 114 Å². The summed E-state index contributed by atoms with van der Waals surface area (Å²) in [6, 6.07) is 13.6. The maximum Gasteiger partial charge on any atom is 0.247 e. The number of aromatic hydroxyl groups is 1. The number of allylic oxidation sites excluding steroid dienone is 8. The number of carbonyl (C=O) groups excluding carboxylic acids is 2. The summed E-state index contributed by atoms with van der Waals surface area (Å²) in [4.78, 5) is 33.3. The van der Waals surface area contributed by atoms with Crippen molar-refractivity contribution in [1.29, 1.82) is 0 Å². The minimum atomic E-state index is -0.0532. The van der Waals surface area contributed by atoms with E-state index < -0.39 is 0 Å². The zero-order chi connectivity index (χ0) is 20.5. The average molecular weight is 377 g/mol. The van der Waals surface area contributed by atoms with Gasteiger partial charge >= 0.3 is 0 Å². The smallest absolute Gasteiger partial charge is 0.247 e. The van der Waals surface area contributed by atoms with Gasteiger partial charge in [-0.05, 0) is 30.4 Å². The number of H-pyrrole nitrogens is 1. The molecule has 0 fully saturated rings. The number of phenols is 1. The van der Waals surface area contributed by atoms with Crippen molar-refractivity contribution in [2.45, 2.75) is 12.8 Å². The summed E-state index contributed by atoms with van der Waals surface area (Å²) in [5.41, 5.74) is -0.0532. The van der Waals surface area contributed by atoms with Gasteiger partial charge in [0, 0.05) is 25.1 Å². The number of para-hydroxylation sites is 1. The molecule has 0 radical (unpaired) electrons. The number of ketones is 2. The third-order valence-electron chi connectivity index (χ3n) is 3.13. The highest BCUT2D eigenvalue weighted by Crippen LogP contribution is 2.02. The van der Waals surface area contributed by atoms with E-state index in [4.69, 9.17) is 5.11 Å². The molecule has 4 rings (SSSR count). The second-order valence-corrected chi connectivity index (χ2v) is 5.48. The summed E-state index contributed by atoms with van der Waals surface area (Å²) >= 11 is 0. The minimum Gasteiger partial charge on any atom is -0.508 e. The summed E-state index contributed by atoms with van der Waals surface area (Å²) in [5.74, 6) is 0.715. The number of hydrogen-bond acceptors (Lipinski definition) is 4. The fraction of sp³-hybridized carbons (Fsp3) is 0.0870. The van der Waals surface area contributed by atoms with Crippen LogP contribution in [0, 0.1) is 0 Å². The SMILES string of the molecule is O=C1C=CC=CC1.O=C1C=CC=CC1.O=c1cccc[nH]1.Oc1ccccc1. The highest BCUT2D eigenvalue weighted by atomic mass is 16.3. The number of nitrogens with one attached hydrogen (secondary N) is 1. The number of benzene rings is 1. The van der Waals surface area contributed by atoms with Gasteiger partial charge in [-0.1, -0.05) is 60.7 Å². The largest absolute Gasteiger partial charge is 0.508 e. The van der Waals surface area contributed by atoms with E-state index in [0.29, 0.717) is 18.6 Å². The molecule has 2 N–H and O–H groups in total. The van der Waals surface area contributed by atoms with Gasteiger partial charge in [0.15, 0.2) is 11.6 Å². The van der Waals surface area contributed by atoms with Crippen LogP contribution in [-0.4, -0.2) is 21.7 Å². The Balaban J connectivity index is 0.000000187. The van der Waals surface area contributed by atoms with Gasteiger partial charge in [-0.2, -0.15) is 0 Å². The van der Waals surface area contributed by atoms with E-state index in [-0.39, 0.29) is 17.1 Å². The van der Waals surface area contributed by atoms with Crippen LogP contribution < -0.4 is 5.56 Å². The molecular weight excluding hydrogens is 354 g/mol. The van der Waals surface area contributed by atoms with Crippen molar-refractivity contribution >= 4 is 11.6 Å². The summed E-state index contributed by atoms with van der Waals surface area (Å²) in [6.45, 7) is 0. The molecule has 2 aliphatic carbocycles. The van der Waals surface area contributed by atoms with Crippen LogP contribution in [0.2, 0.25) is 0 Å². The van der Waals surface area contributed by atoms with E-state index in [2.05, 4.69) is 4.98 Å². The van der Waals surface area contributed by atoms with Crippen LogP contribution in [0.15, 0.2) is 108 Å². The fourth-order valence-electron chi connectivity index (χ4n) is 1.79. The summed E-state index contributed by atoms with van der Waals surface area (Å²) in [7, 11) is 0. The van der Waals surface area contributed by atoms with Gasteiger partial charge in [-0.3, -0.25) is 14.4 Å². The van der Waals surface area contributed by atoms with Crippen molar-refractivity contribution in [3.63, 3.8) is 0 Å². The number of aromatic nitrogens is 1. The van der Waals surface area contributed by atoms with E-state index in [9.17, 15) is 14.4 Å². The molecular formula is C23H23NO4. The van der Waals surface area contributed by atoms with E-state index in [1.54, 1.807) is 66.9 Å². The zero-order valence-corrected chi connectivity index (χ0v) is 15.4. The van der Waals surface area contributed by atoms with Gasteiger partial charge < -0.3 is 10.1 Å². The van der Waals surface area contributed by atoms with Crippen molar-refractivity contribution in [2.75, 3.05) is 0 Å². The molecule has 144 valence electrons. The monoisotopic (exact) mass is 377 g/mol. The molecule has 0 bridgehead atoms.